The van der Waals surface area contributed by atoms with E-state index in [4.69, 9.17) is 10.5 Å². The second kappa shape index (κ2) is 4.12. The Kier molecular flexibility index (Phi) is 2.92. The zero-order valence-corrected chi connectivity index (χ0v) is 9.96. The molecule has 0 aliphatic carbocycles. The number of rotatable bonds is 2. The first-order valence-electron chi connectivity index (χ1n) is 5.58. The zero-order valence-electron chi connectivity index (χ0n) is 9.96. The van der Waals surface area contributed by atoms with Crippen molar-refractivity contribution in [1.29, 1.82) is 0 Å². The van der Waals surface area contributed by atoms with Crippen LogP contribution in [0.5, 0.6) is 0 Å². The molecule has 3 N–H and O–H groups in total. The van der Waals surface area contributed by atoms with Gasteiger partial charge in [-0.1, -0.05) is 6.92 Å². The Hall–Kier alpha value is -1.40. The highest BCUT2D eigenvalue weighted by Gasteiger charge is 2.42. The quantitative estimate of drug-likeness (QED) is 0.765. The summed E-state index contributed by atoms with van der Waals surface area (Å²) in [6, 6.07) is 1.56. The summed E-state index contributed by atoms with van der Waals surface area (Å²) >= 11 is 0. The molecule has 1 aromatic rings. The van der Waals surface area contributed by atoms with E-state index in [0.29, 0.717) is 6.42 Å². The van der Waals surface area contributed by atoms with Gasteiger partial charge in [0.2, 0.25) is 0 Å². The van der Waals surface area contributed by atoms with Gasteiger partial charge in [0.15, 0.2) is 0 Å². The van der Waals surface area contributed by atoms with Crippen molar-refractivity contribution < 1.29 is 9.84 Å². The van der Waals surface area contributed by atoms with Crippen LogP contribution in [-0.4, -0.2) is 26.9 Å². The van der Waals surface area contributed by atoms with Crippen LogP contribution in [0.15, 0.2) is 17.1 Å². The lowest BCUT2D eigenvalue weighted by Crippen LogP contribution is -2.32. The number of aliphatic hydroxyl groups excluding tert-OH is 1. The van der Waals surface area contributed by atoms with Gasteiger partial charge in [0.1, 0.15) is 12.0 Å². The Morgan fingerprint density at radius 3 is 3.00 bits per heavy atom. The number of hydrogen-bond donors (Lipinski definition) is 2. The number of hydrogen-bond acceptors (Lipinski definition) is 5. The predicted octanol–water partition coefficient (Wildman–Crippen LogP) is 0.132. The van der Waals surface area contributed by atoms with E-state index in [1.165, 1.54) is 4.57 Å². The molecule has 0 amide bonds. The second-order valence-corrected chi connectivity index (χ2v) is 4.84. The molecule has 6 heteroatoms. The number of ether oxygens (including phenoxy) is 1. The number of aliphatic hydroxyl groups is 1. The summed E-state index contributed by atoms with van der Waals surface area (Å²) in [5.41, 5.74) is 4.42. The third-order valence-electron chi connectivity index (χ3n) is 3.11. The first-order valence-corrected chi connectivity index (χ1v) is 5.58. The van der Waals surface area contributed by atoms with Crippen LogP contribution in [0, 0.1) is 5.92 Å². The van der Waals surface area contributed by atoms with Gasteiger partial charge >= 0.3 is 5.69 Å². The molecule has 6 nitrogen and oxygen atoms in total. The van der Waals surface area contributed by atoms with Crippen molar-refractivity contribution in [3.05, 3.63) is 22.7 Å². The number of nitrogens with two attached hydrogens (primary N) is 1. The first-order chi connectivity index (χ1) is 7.95. The van der Waals surface area contributed by atoms with Gasteiger partial charge in [0.05, 0.1) is 12.2 Å². The molecule has 1 aliphatic heterocycles. The molecule has 0 unspecified atom stereocenters. The van der Waals surface area contributed by atoms with Gasteiger partial charge in [-0.2, -0.15) is 4.98 Å². The lowest BCUT2D eigenvalue weighted by Gasteiger charge is -2.22. The van der Waals surface area contributed by atoms with Gasteiger partial charge in [-0.3, -0.25) is 4.57 Å². The minimum Gasteiger partial charge on any atom is -0.393 e. The number of nitrogens with zero attached hydrogens (tertiary/aromatic N) is 2. The summed E-state index contributed by atoms with van der Waals surface area (Å²) in [5.74, 6) is 0.331. The van der Waals surface area contributed by atoms with Gasteiger partial charge in [-0.15, -0.1) is 0 Å². The van der Waals surface area contributed by atoms with Crippen molar-refractivity contribution >= 4 is 5.82 Å². The average molecular weight is 239 g/mol. The second-order valence-electron chi connectivity index (χ2n) is 4.84. The zero-order chi connectivity index (χ0) is 12.6. The first kappa shape index (κ1) is 12.1. The largest absolute Gasteiger partial charge is 0.393 e. The summed E-state index contributed by atoms with van der Waals surface area (Å²) in [6.45, 7) is 3.75. The van der Waals surface area contributed by atoms with E-state index in [-0.39, 0.29) is 18.3 Å². The topological polar surface area (TPSA) is 90.4 Å². The number of aromatic nitrogens is 2. The molecular weight excluding hydrogens is 222 g/mol. The fraction of sp³-hybridized carbons (Fsp3) is 0.636. The van der Waals surface area contributed by atoms with Crippen molar-refractivity contribution in [2.45, 2.75) is 32.1 Å². The lowest BCUT2D eigenvalue weighted by molar-refractivity contribution is -0.0927. The Morgan fingerprint density at radius 2 is 2.47 bits per heavy atom. The molecule has 17 heavy (non-hydrogen) atoms. The molecule has 0 radical (unpaired) electrons. The predicted molar refractivity (Wildman–Crippen MR) is 62.3 cm³/mol. The molecule has 2 rings (SSSR count). The Morgan fingerprint density at radius 1 is 1.76 bits per heavy atom. The fourth-order valence-electron chi connectivity index (χ4n) is 2.29. The van der Waals surface area contributed by atoms with Crippen molar-refractivity contribution in [1.82, 2.24) is 9.55 Å². The minimum absolute atomic E-state index is 0.0645. The third-order valence-corrected chi connectivity index (χ3v) is 3.11. The monoisotopic (exact) mass is 239 g/mol. The highest BCUT2D eigenvalue weighted by Crippen LogP contribution is 2.39. The molecule has 2 heterocycles. The van der Waals surface area contributed by atoms with E-state index in [9.17, 15) is 9.90 Å². The number of anilines is 1. The van der Waals surface area contributed by atoms with Crippen molar-refractivity contribution in [3.63, 3.8) is 0 Å². The highest BCUT2D eigenvalue weighted by molar-refractivity contribution is 5.23. The molecule has 1 aliphatic rings. The summed E-state index contributed by atoms with van der Waals surface area (Å²) in [5, 5.41) is 9.27. The molecule has 94 valence electrons. The van der Waals surface area contributed by atoms with Crippen LogP contribution in [0.2, 0.25) is 0 Å². The van der Waals surface area contributed by atoms with Gasteiger partial charge in [0.25, 0.3) is 0 Å². The van der Waals surface area contributed by atoms with Crippen LogP contribution < -0.4 is 11.4 Å². The Balaban J connectivity index is 2.32. The molecule has 1 fully saturated rings. The maximum absolute atomic E-state index is 11.7. The summed E-state index contributed by atoms with van der Waals surface area (Å²) in [7, 11) is 0. The standard InChI is InChI=1S/C11H17N3O3/c1-7-5-11(2,6-15)17-9(7)14-4-3-8(12)13-10(14)16/h3-4,7,9,15H,5-6H2,1-2H3,(H2,12,13,16)/t7-,9+,11-/m0/s1. The van der Waals surface area contributed by atoms with Crippen LogP contribution in [0.1, 0.15) is 26.5 Å². The fourth-order valence-corrected chi connectivity index (χ4v) is 2.29. The summed E-state index contributed by atoms with van der Waals surface area (Å²) in [4.78, 5) is 15.4. The van der Waals surface area contributed by atoms with E-state index in [2.05, 4.69) is 4.98 Å². The van der Waals surface area contributed by atoms with Crippen LogP contribution in [0.25, 0.3) is 0 Å². The lowest BCUT2D eigenvalue weighted by atomic mass is 9.97. The van der Waals surface area contributed by atoms with E-state index in [0.717, 1.165) is 0 Å². The molecule has 0 saturated carbocycles. The maximum atomic E-state index is 11.7. The normalized spacial score (nSPS) is 32.9. The van der Waals surface area contributed by atoms with Crippen molar-refractivity contribution in [2.24, 2.45) is 5.92 Å². The molecule has 1 saturated heterocycles. The van der Waals surface area contributed by atoms with Gasteiger partial charge < -0.3 is 15.6 Å². The maximum Gasteiger partial charge on any atom is 0.351 e. The Labute approximate surface area is 99.0 Å². The van der Waals surface area contributed by atoms with E-state index < -0.39 is 17.5 Å². The van der Waals surface area contributed by atoms with Crippen LogP contribution in [0.3, 0.4) is 0 Å². The van der Waals surface area contributed by atoms with E-state index >= 15 is 0 Å². The molecule has 0 spiro atoms. The molecule has 0 bridgehead atoms. The molecule has 1 aromatic heterocycles. The van der Waals surface area contributed by atoms with E-state index in [1.807, 2.05) is 13.8 Å². The molecular formula is C11H17N3O3. The average Bonchev–Trinajstić information content (AvgIpc) is 2.55. The highest BCUT2D eigenvalue weighted by atomic mass is 16.5. The smallest absolute Gasteiger partial charge is 0.351 e. The molecule has 0 aromatic carbocycles. The number of nitrogen functional groups attached to an aromatic ring is 1. The van der Waals surface area contributed by atoms with Crippen molar-refractivity contribution in [3.8, 4) is 0 Å². The Bertz CT molecular complexity index is 473. The van der Waals surface area contributed by atoms with Crippen LogP contribution in [0.4, 0.5) is 5.82 Å². The van der Waals surface area contributed by atoms with Crippen LogP contribution in [-0.2, 0) is 4.74 Å². The van der Waals surface area contributed by atoms with Crippen LogP contribution >= 0.6 is 0 Å². The van der Waals surface area contributed by atoms with Gasteiger partial charge in [0, 0.05) is 12.1 Å². The summed E-state index contributed by atoms with van der Waals surface area (Å²) in [6.07, 6.45) is 1.88. The minimum atomic E-state index is -0.592. The van der Waals surface area contributed by atoms with Crippen molar-refractivity contribution in [2.75, 3.05) is 12.3 Å². The molecule has 3 atom stereocenters. The van der Waals surface area contributed by atoms with Gasteiger partial charge in [-0.05, 0) is 19.4 Å². The van der Waals surface area contributed by atoms with Gasteiger partial charge in [-0.25, -0.2) is 4.79 Å². The third kappa shape index (κ3) is 2.18. The summed E-state index contributed by atoms with van der Waals surface area (Å²) < 4.78 is 7.17. The SMILES string of the molecule is C[C@H]1C[C@@](C)(CO)O[C@H]1n1ccc(N)nc1=O. The van der Waals surface area contributed by atoms with E-state index in [1.54, 1.807) is 12.3 Å².